The van der Waals surface area contributed by atoms with Crippen LogP contribution in [-0.2, 0) is 4.79 Å². The summed E-state index contributed by atoms with van der Waals surface area (Å²) in [4.78, 5) is 11.5. The molecule has 3 N–H and O–H groups in total. The van der Waals surface area contributed by atoms with Crippen molar-refractivity contribution in [3.63, 3.8) is 0 Å². The van der Waals surface area contributed by atoms with Gasteiger partial charge in [0.15, 0.2) is 11.5 Å². The summed E-state index contributed by atoms with van der Waals surface area (Å²) in [5, 5.41) is 2.73. The molecule has 0 atom stereocenters. The van der Waals surface area contributed by atoms with Crippen molar-refractivity contribution >= 4 is 11.6 Å². The number of hydrogen-bond donors (Lipinski definition) is 2. The van der Waals surface area contributed by atoms with E-state index in [0.29, 0.717) is 36.9 Å². The molecule has 0 saturated carbocycles. The van der Waals surface area contributed by atoms with Crippen molar-refractivity contribution in [2.75, 3.05) is 25.1 Å². The molecule has 0 spiro atoms. The van der Waals surface area contributed by atoms with Crippen LogP contribution in [0.4, 0.5) is 5.69 Å². The molecule has 0 bridgehead atoms. The summed E-state index contributed by atoms with van der Waals surface area (Å²) in [5.74, 6) is 1.16. The second-order valence-corrected chi connectivity index (χ2v) is 3.84. The number of benzene rings is 1. The lowest BCUT2D eigenvalue weighted by Gasteiger charge is -2.09. The largest absolute Gasteiger partial charge is 0.490 e. The first kappa shape index (κ1) is 12.4. The Hall–Kier alpha value is -2.01. The number of anilines is 1. The van der Waals surface area contributed by atoms with Gasteiger partial charge in [0, 0.05) is 30.8 Å². The highest BCUT2D eigenvalue weighted by atomic mass is 16.5. The minimum Gasteiger partial charge on any atom is -0.490 e. The van der Waals surface area contributed by atoms with Gasteiger partial charge in [0.1, 0.15) is 0 Å². The zero-order valence-electron chi connectivity index (χ0n) is 10.0. The average Bonchev–Trinajstić information content (AvgIpc) is 2.61. The Morgan fingerprint density at radius 1 is 1.33 bits per heavy atom. The highest BCUT2D eigenvalue weighted by Gasteiger charge is 2.11. The first-order chi connectivity index (χ1) is 8.79. The molecule has 1 heterocycles. The van der Waals surface area contributed by atoms with Crippen molar-refractivity contribution in [3.05, 3.63) is 30.4 Å². The summed E-state index contributed by atoms with van der Waals surface area (Å²) in [6.45, 7) is 1.62. The zero-order chi connectivity index (χ0) is 12.8. The van der Waals surface area contributed by atoms with Crippen LogP contribution in [-0.4, -0.2) is 25.7 Å². The van der Waals surface area contributed by atoms with Gasteiger partial charge in [-0.05, 0) is 12.1 Å². The summed E-state index contributed by atoms with van der Waals surface area (Å²) in [7, 11) is 0. The molecule has 0 fully saturated rings. The summed E-state index contributed by atoms with van der Waals surface area (Å²) in [5.41, 5.74) is 5.95. The number of nitrogens with one attached hydrogen (secondary N) is 1. The van der Waals surface area contributed by atoms with Gasteiger partial charge in [0.25, 0.3) is 0 Å². The van der Waals surface area contributed by atoms with Crippen molar-refractivity contribution in [1.29, 1.82) is 0 Å². The van der Waals surface area contributed by atoms with Crippen LogP contribution in [0.5, 0.6) is 11.5 Å². The fourth-order valence-corrected chi connectivity index (χ4v) is 1.60. The van der Waals surface area contributed by atoms with Gasteiger partial charge in [-0.2, -0.15) is 0 Å². The number of hydrogen-bond acceptors (Lipinski definition) is 4. The van der Waals surface area contributed by atoms with E-state index < -0.39 is 0 Å². The molecule has 1 aromatic rings. The summed E-state index contributed by atoms with van der Waals surface area (Å²) in [6.07, 6.45) is 3.86. The van der Waals surface area contributed by atoms with E-state index in [9.17, 15) is 4.79 Å². The topological polar surface area (TPSA) is 73.6 Å². The third-order valence-electron chi connectivity index (χ3n) is 2.42. The third kappa shape index (κ3) is 3.24. The molecule has 1 aliphatic heterocycles. The highest BCUT2D eigenvalue weighted by Crippen LogP contribution is 2.32. The van der Waals surface area contributed by atoms with Gasteiger partial charge >= 0.3 is 0 Å². The van der Waals surface area contributed by atoms with E-state index >= 15 is 0 Å². The first-order valence-electron chi connectivity index (χ1n) is 5.87. The first-order valence-corrected chi connectivity index (χ1v) is 5.87. The Kier molecular flexibility index (Phi) is 4.20. The number of nitrogens with two attached hydrogens (primary N) is 1. The molecule has 0 saturated heterocycles. The van der Waals surface area contributed by atoms with Gasteiger partial charge in [0.2, 0.25) is 5.91 Å². The summed E-state index contributed by atoms with van der Waals surface area (Å²) < 4.78 is 11.0. The smallest absolute Gasteiger partial charge is 0.248 e. The van der Waals surface area contributed by atoms with Gasteiger partial charge in [-0.25, -0.2) is 0 Å². The van der Waals surface area contributed by atoms with Crippen molar-refractivity contribution in [3.8, 4) is 11.5 Å². The molecule has 0 aliphatic carbocycles. The van der Waals surface area contributed by atoms with E-state index in [1.165, 1.54) is 6.08 Å². The Labute approximate surface area is 106 Å². The van der Waals surface area contributed by atoms with Crippen LogP contribution >= 0.6 is 0 Å². The van der Waals surface area contributed by atoms with Gasteiger partial charge < -0.3 is 20.5 Å². The lowest BCUT2D eigenvalue weighted by atomic mass is 10.2. The van der Waals surface area contributed by atoms with Crippen molar-refractivity contribution in [2.45, 2.75) is 6.42 Å². The fourth-order valence-electron chi connectivity index (χ4n) is 1.60. The normalized spacial score (nSPS) is 14.3. The van der Waals surface area contributed by atoms with Crippen molar-refractivity contribution in [2.24, 2.45) is 5.73 Å². The molecular weight excluding hydrogens is 232 g/mol. The maximum absolute atomic E-state index is 11.5. The Balaban J connectivity index is 2.08. The minimum atomic E-state index is -0.213. The van der Waals surface area contributed by atoms with Crippen LogP contribution in [0.2, 0.25) is 0 Å². The van der Waals surface area contributed by atoms with Crippen molar-refractivity contribution < 1.29 is 14.3 Å². The van der Waals surface area contributed by atoms with Crippen LogP contribution in [0.1, 0.15) is 6.42 Å². The zero-order valence-corrected chi connectivity index (χ0v) is 10.0. The van der Waals surface area contributed by atoms with Gasteiger partial charge in [-0.3, -0.25) is 4.79 Å². The van der Waals surface area contributed by atoms with Crippen molar-refractivity contribution in [1.82, 2.24) is 0 Å². The van der Waals surface area contributed by atoms with E-state index in [4.69, 9.17) is 15.2 Å². The summed E-state index contributed by atoms with van der Waals surface area (Å²) >= 11 is 0. The molecule has 1 aliphatic rings. The van der Waals surface area contributed by atoms with Crippen LogP contribution in [0.25, 0.3) is 0 Å². The summed E-state index contributed by atoms with van der Waals surface area (Å²) in [6, 6.07) is 5.33. The second kappa shape index (κ2) is 6.07. The Morgan fingerprint density at radius 2 is 2.11 bits per heavy atom. The molecule has 18 heavy (non-hydrogen) atoms. The van der Waals surface area contributed by atoms with E-state index in [1.807, 2.05) is 0 Å². The van der Waals surface area contributed by atoms with Crippen LogP contribution in [0, 0.1) is 0 Å². The molecular formula is C13H16N2O3. The minimum absolute atomic E-state index is 0.213. The van der Waals surface area contributed by atoms with E-state index in [2.05, 4.69) is 5.32 Å². The van der Waals surface area contributed by atoms with E-state index in [1.54, 1.807) is 24.3 Å². The lowest BCUT2D eigenvalue weighted by molar-refractivity contribution is -0.111. The van der Waals surface area contributed by atoms with Gasteiger partial charge in [-0.15, -0.1) is 0 Å². The number of carbonyl (C=O) groups is 1. The molecule has 5 nitrogen and oxygen atoms in total. The van der Waals surface area contributed by atoms with Gasteiger partial charge in [-0.1, -0.05) is 6.08 Å². The maximum atomic E-state index is 11.5. The maximum Gasteiger partial charge on any atom is 0.248 e. The lowest BCUT2D eigenvalue weighted by Crippen LogP contribution is -2.09. The fraction of sp³-hybridized carbons (Fsp3) is 0.308. The third-order valence-corrected chi connectivity index (χ3v) is 2.42. The molecule has 2 rings (SSSR count). The predicted molar refractivity (Wildman–Crippen MR) is 68.9 cm³/mol. The highest BCUT2D eigenvalue weighted by molar-refractivity contribution is 5.99. The van der Waals surface area contributed by atoms with Crippen LogP contribution in [0.3, 0.4) is 0 Å². The van der Waals surface area contributed by atoms with E-state index in [0.717, 1.165) is 6.42 Å². The molecule has 0 radical (unpaired) electrons. The number of ether oxygens (including phenoxy) is 2. The van der Waals surface area contributed by atoms with E-state index in [-0.39, 0.29) is 5.91 Å². The molecule has 0 unspecified atom stereocenters. The molecule has 0 aromatic heterocycles. The number of amides is 1. The quantitative estimate of drug-likeness (QED) is 0.791. The average molecular weight is 248 g/mol. The molecule has 1 amide bonds. The number of carbonyl (C=O) groups excluding carboxylic acids is 1. The number of fused-ring (bicyclic) bond motifs is 1. The SMILES string of the molecule is NC/C=C/C(=O)Nc1ccc2c(c1)OCCCO2. The monoisotopic (exact) mass is 248 g/mol. The van der Waals surface area contributed by atoms with Gasteiger partial charge in [0.05, 0.1) is 13.2 Å². The molecule has 1 aromatic carbocycles. The van der Waals surface area contributed by atoms with Crippen LogP contribution < -0.4 is 20.5 Å². The second-order valence-electron chi connectivity index (χ2n) is 3.84. The van der Waals surface area contributed by atoms with Crippen LogP contribution in [0.15, 0.2) is 30.4 Å². The predicted octanol–water partition coefficient (Wildman–Crippen LogP) is 1.30. The Morgan fingerprint density at radius 3 is 2.89 bits per heavy atom. The Bertz CT molecular complexity index is 458. The molecule has 5 heteroatoms. The standard InChI is InChI=1S/C13H16N2O3/c14-6-1-3-13(16)15-10-4-5-11-12(9-10)18-8-2-7-17-11/h1,3-5,9H,2,6-8,14H2,(H,15,16)/b3-1+. The number of rotatable bonds is 3. The molecule has 96 valence electrons.